The number of anilines is 1. The van der Waals surface area contributed by atoms with Crippen molar-refractivity contribution in [2.45, 2.75) is 24.0 Å². The first kappa shape index (κ1) is 17.8. The number of hydrogen-bond acceptors (Lipinski definition) is 7. The minimum atomic E-state index is -3.73. The van der Waals surface area contributed by atoms with Gasteiger partial charge < -0.3 is 10.1 Å². The van der Waals surface area contributed by atoms with E-state index in [-0.39, 0.29) is 21.4 Å². The summed E-state index contributed by atoms with van der Waals surface area (Å²) >= 11 is 0.832. The molecule has 0 aliphatic rings. The minimum Gasteiger partial charge on any atom is -0.381 e. The summed E-state index contributed by atoms with van der Waals surface area (Å²) in [4.78, 5) is 10.2. The summed E-state index contributed by atoms with van der Waals surface area (Å²) in [5.41, 5.74) is -0.242. The third-order valence-corrected chi connectivity index (χ3v) is 5.56. The van der Waals surface area contributed by atoms with E-state index in [4.69, 9.17) is 4.74 Å². The van der Waals surface area contributed by atoms with Gasteiger partial charge in [-0.2, -0.15) is 0 Å². The number of nitrogens with one attached hydrogen (secondary N) is 2. The molecule has 10 heteroatoms. The van der Waals surface area contributed by atoms with Gasteiger partial charge >= 0.3 is 5.69 Å². The second-order valence-corrected chi connectivity index (χ2v) is 7.20. The lowest BCUT2D eigenvalue weighted by Crippen LogP contribution is -2.24. The third kappa shape index (κ3) is 5.23. The van der Waals surface area contributed by atoms with Crippen molar-refractivity contribution in [3.63, 3.8) is 0 Å². The molecule has 2 N–H and O–H groups in total. The van der Waals surface area contributed by atoms with Crippen molar-refractivity contribution in [2.75, 3.05) is 32.1 Å². The molecule has 0 fully saturated rings. The Morgan fingerprint density at radius 3 is 2.67 bits per heavy atom. The Bertz CT molecular complexity index is 570. The lowest BCUT2D eigenvalue weighted by atomic mass is 10.4. The molecule has 0 aliphatic carbocycles. The standard InChI is InChI=1S/C11H19N3O5S2/c1-3-6-19-7-4-5-13-21(17,18)10-8-9(14(15)16)11(12-2)20-10/h8,12-13H,3-7H2,1-2H3. The van der Waals surface area contributed by atoms with E-state index in [1.165, 1.54) is 7.05 Å². The number of rotatable bonds is 10. The molecule has 0 aromatic carbocycles. The van der Waals surface area contributed by atoms with Gasteiger partial charge in [0.15, 0.2) is 5.00 Å². The Morgan fingerprint density at radius 2 is 2.14 bits per heavy atom. The summed E-state index contributed by atoms with van der Waals surface area (Å²) in [6.45, 7) is 3.34. The largest absolute Gasteiger partial charge is 0.381 e. The molecule has 8 nitrogen and oxygen atoms in total. The van der Waals surface area contributed by atoms with Crippen LogP contribution in [-0.4, -0.2) is 40.1 Å². The second kappa shape index (κ2) is 8.27. The maximum atomic E-state index is 12.0. The molecule has 120 valence electrons. The number of thiophene rings is 1. The summed E-state index contributed by atoms with van der Waals surface area (Å²) in [6.07, 6.45) is 1.46. The van der Waals surface area contributed by atoms with Crippen LogP contribution in [0.25, 0.3) is 0 Å². The van der Waals surface area contributed by atoms with Crippen LogP contribution in [0.2, 0.25) is 0 Å². The van der Waals surface area contributed by atoms with E-state index in [1.54, 1.807) is 0 Å². The third-order valence-electron chi connectivity index (χ3n) is 2.48. The van der Waals surface area contributed by atoms with Crippen LogP contribution in [-0.2, 0) is 14.8 Å². The summed E-state index contributed by atoms with van der Waals surface area (Å²) < 4.78 is 31.6. The summed E-state index contributed by atoms with van der Waals surface area (Å²) in [5.74, 6) is 0. The molecule has 0 spiro atoms. The van der Waals surface area contributed by atoms with Crippen LogP contribution in [0.1, 0.15) is 19.8 Å². The minimum absolute atomic E-state index is 0.0759. The highest BCUT2D eigenvalue weighted by molar-refractivity contribution is 7.91. The van der Waals surface area contributed by atoms with E-state index in [2.05, 4.69) is 10.0 Å². The van der Waals surface area contributed by atoms with E-state index >= 15 is 0 Å². The number of ether oxygens (including phenoxy) is 1. The molecule has 1 heterocycles. The average Bonchev–Trinajstić information content (AvgIpc) is 2.88. The van der Waals surface area contributed by atoms with Crippen LogP contribution in [0.15, 0.2) is 10.3 Å². The van der Waals surface area contributed by atoms with Crippen molar-refractivity contribution in [3.8, 4) is 0 Å². The van der Waals surface area contributed by atoms with Crippen molar-refractivity contribution in [1.82, 2.24) is 4.72 Å². The predicted molar refractivity (Wildman–Crippen MR) is 81.4 cm³/mol. The molecule has 0 aliphatic heterocycles. The SMILES string of the molecule is CCCOCCCNS(=O)(=O)c1cc([N+](=O)[O-])c(NC)s1. The first-order chi connectivity index (χ1) is 9.92. The van der Waals surface area contributed by atoms with Crippen LogP contribution < -0.4 is 10.0 Å². The summed E-state index contributed by atoms with van der Waals surface area (Å²) in [6, 6.07) is 1.06. The quantitative estimate of drug-likeness (QED) is 0.382. The topological polar surface area (TPSA) is 111 Å². The maximum absolute atomic E-state index is 12.0. The van der Waals surface area contributed by atoms with Crippen LogP contribution in [0.5, 0.6) is 0 Å². The molecule has 21 heavy (non-hydrogen) atoms. The fourth-order valence-corrected chi connectivity index (χ4v) is 3.90. The van der Waals surface area contributed by atoms with Gasteiger partial charge in [-0.15, -0.1) is 0 Å². The van der Waals surface area contributed by atoms with Crippen LogP contribution >= 0.6 is 11.3 Å². The van der Waals surface area contributed by atoms with E-state index < -0.39 is 14.9 Å². The first-order valence-electron chi connectivity index (χ1n) is 6.45. The van der Waals surface area contributed by atoms with Crippen molar-refractivity contribution in [2.24, 2.45) is 0 Å². The molecule has 0 unspecified atom stereocenters. The Morgan fingerprint density at radius 1 is 1.43 bits per heavy atom. The Hall–Kier alpha value is -1.23. The normalized spacial score (nSPS) is 11.5. The first-order valence-corrected chi connectivity index (χ1v) is 8.75. The van der Waals surface area contributed by atoms with Gasteiger partial charge in [-0.05, 0) is 12.8 Å². The summed E-state index contributed by atoms with van der Waals surface area (Å²) in [7, 11) is -2.22. The van der Waals surface area contributed by atoms with Crippen molar-refractivity contribution in [1.29, 1.82) is 0 Å². The Labute approximate surface area is 127 Å². The molecule has 0 saturated heterocycles. The molecule has 0 amide bonds. The Balaban J connectivity index is 2.64. The van der Waals surface area contributed by atoms with Gasteiger partial charge in [0, 0.05) is 32.9 Å². The number of sulfonamides is 1. The van der Waals surface area contributed by atoms with Crippen molar-refractivity contribution >= 4 is 32.0 Å². The lowest BCUT2D eigenvalue weighted by molar-refractivity contribution is -0.383. The van der Waals surface area contributed by atoms with Gasteiger partial charge in [-0.25, -0.2) is 13.1 Å². The molecule has 1 aromatic rings. The average molecular weight is 337 g/mol. The fraction of sp³-hybridized carbons (Fsp3) is 0.636. The van der Waals surface area contributed by atoms with Gasteiger partial charge in [-0.1, -0.05) is 18.3 Å². The van der Waals surface area contributed by atoms with Crippen LogP contribution in [0.4, 0.5) is 10.7 Å². The Kier molecular flexibility index (Phi) is 7.02. The molecular weight excluding hydrogens is 318 g/mol. The molecule has 0 saturated carbocycles. The second-order valence-electron chi connectivity index (χ2n) is 4.15. The zero-order chi connectivity index (χ0) is 15.9. The highest BCUT2D eigenvalue weighted by atomic mass is 32.2. The monoisotopic (exact) mass is 337 g/mol. The molecule has 0 radical (unpaired) electrons. The molecule has 1 aromatic heterocycles. The highest BCUT2D eigenvalue weighted by Gasteiger charge is 2.25. The van der Waals surface area contributed by atoms with E-state index in [1.807, 2.05) is 6.92 Å². The predicted octanol–water partition coefficient (Wildman–Crippen LogP) is 1.79. The van der Waals surface area contributed by atoms with Crippen LogP contribution in [0.3, 0.4) is 0 Å². The molecular formula is C11H19N3O5S2. The number of nitrogens with zero attached hydrogens (tertiary/aromatic N) is 1. The maximum Gasteiger partial charge on any atom is 0.304 e. The van der Waals surface area contributed by atoms with Gasteiger partial charge in [0.1, 0.15) is 4.21 Å². The molecule has 0 bridgehead atoms. The van der Waals surface area contributed by atoms with Gasteiger partial charge in [0.2, 0.25) is 10.0 Å². The smallest absolute Gasteiger partial charge is 0.304 e. The highest BCUT2D eigenvalue weighted by Crippen LogP contribution is 2.36. The number of hydrogen-bond donors (Lipinski definition) is 2. The molecule has 0 atom stereocenters. The van der Waals surface area contributed by atoms with E-state index in [9.17, 15) is 18.5 Å². The van der Waals surface area contributed by atoms with E-state index in [0.717, 1.165) is 23.8 Å². The molecule has 1 rings (SSSR count). The van der Waals surface area contributed by atoms with Crippen molar-refractivity contribution in [3.05, 3.63) is 16.2 Å². The van der Waals surface area contributed by atoms with E-state index in [0.29, 0.717) is 19.6 Å². The lowest BCUT2D eigenvalue weighted by Gasteiger charge is -2.05. The van der Waals surface area contributed by atoms with Gasteiger partial charge in [0.05, 0.1) is 4.92 Å². The number of nitro groups is 1. The summed E-state index contributed by atoms with van der Waals surface area (Å²) in [5, 5.41) is 13.7. The van der Waals surface area contributed by atoms with Crippen LogP contribution in [0, 0.1) is 10.1 Å². The zero-order valence-corrected chi connectivity index (χ0v) is 13.6. The van der Waals surface area contributed by atoms with Gasteiger partial charge in [0.25, 0.3) is 0 Å². The van der Waals surface area contributed by atoms with Crippen molar-refractivity contribution < 1.29 is 18.1 Å². The zero-order valence-electron chi connectivity index (χ0n) is 11.9. The van der Waals surface area contributed by atoms with Gasteiger partial charge in [-0.3, -0.25) is 10.1 Å². The fourth-order valence-electron chi connectivity index (χ4n) is 1.50.